The summed E-state index contributed by atoms with van der Waals surface area (Å²) in [5.41, 5.74) is 3.87. The van der Waals surface area contributed by atoms with E-state index >= 15 is 0 Å². The number of aryl methyl sites for hydroxylation is 2. The van der Waals surface area contributed by atoms with Gasteiger partial charge in [0.2, 0.25) is 0 Å². The van der Waals surface area contributed by atoms with Crippen LogP contribution in [0.2, 0.25) is 5.02 Å². The first kappa shape index (κ1) is 14.5. The number of carbonyl (C=O) groups is 1. The predicted octanol–water partition coefficient (Wildman–Crippen LogP) is 4.76. The van der Waals surface area contributed by atoms with Crippen molar-refractivity contribution in [3.05, 3.63) is 70.4 Å². The molecule has 1 aromatic heterocycles. The van der Waals surface area contributed by atoms with Crippen molar-refractivity contribution in [2.45, 2.75) is 13.8 Å². The topological polar surface area (TPSA) is 42.0 Å². The van der Waals surface area contributed by atoms with E-state index in [0.717, 1.165) is 16.5 Å². The molecule has 0 spiro atoms. The van der Waals surface area contributed by atoms with E-state index in [1.165, 1.54) is 0 Å². The molecule has 0 atom stereocenters. The molecular weight excluding hydrogens is 296 g/mol. The molecule has 0 aliphatic rings. The summed E-state index contributed by atoms with van der Waals surface area (Å²) in [5.74, 6) is -0.207. The molecule has 0 aliphatic heterocycles. The molecule has 0 unspecified atom stereocenters. The number of halogens is 1. The lowest BCUT2D eigenvalue weighted by atomic mass is 10.1. The number of nitrogens with zero attached hydrogens (tertiary/aromatic N) is 1. The summed E-state index contributed by atoms with van der Waals surface area (Å²) in [6.07, 6.45) is 0. The number of carbonyl (C=O) groups excluding carboxylic acids is 1. The van der Waals surface area contributed by atoms with Crippen molar-refractivity contribution < 1.29 is 4.79 Å². The Morgan fingerprint density at radius 1 is 1.09 bits per heavy atom. The van der Waals surface area contributed by atoms with Gasteiger partial charge in [-0.3, -0.25) is 9.78 Å². The highest BCUT2D eigenvalue weighted by molar-refractivity contribution is 6.33. The van der Waals surface area contributed by atoms with Crippen molar-refractivity contribution in [2.24, 2.45) is 0 Å². The van der Waals surface area contributed by atoms with E-state index < -0.39 is 0 Å². The van der Waals surface area contributed by atoms with Crippen molar-refractivity contribution in [2.75, 3.05) is 5.32 Å². The molecule has 3 rings (SSSR count). The summed E-state index contributed by atoms with van der Waals surface area (Å²) in [7, 11) is 0. The van der Waals surface area contributed by atoms with Gasteiger partial charge in [0, 0.05) is 5.39 Å². The molecule has 3 aromatic rings. The Morgan fingerprint density at radius 3 is 2.64 bits per heavy atom. The molecule has 0 radical (unpaired) electrons. The third-order valence-electron chi connectivity index (χ3n) is 3.53. The lowest BCUT2D eigenvalue weighted by molar-refractivity contribution is 0.102. The standard InChI is InChI=1S/C18H15ClN2O/c1-11-7-8-16-13(9-11)10-14(12(2)20-16)18(22)21-17-6-4-3-5-15(17)19/h3-10H,1-2H3,(H,21,22). The van der Waals surface area contributed by atoms with Gasteiger partial charge in [-0.2, -0.15) is 0 Å². The molecule has 1 amide bonds. The molecule has 110 valence electrons. The van der Waals surface area contributed by atoms with Gasteiger partial charge in [-0.05, 0) is 44.2 Å². The van der Waals surface area contributed by atoms with E-state index in [4.69, 9.17) is 11.6 Å². The van der Waals surface area contributed by atoms with Crippen LogP contribution >= 0.6 is 11.6 Å². The second-order valence-corrected chi connectivity index (χ2v) is 5.66. The van der Waals surface area contributed by atoms with Gasteiger partial charge < -0.3 is 5.32 Å². The van der Waals surface area contributed by atoms with Gasteiger partial charge in [0.15, 0.2) is 0 Å². The van der Waals surface area contributed by atoms with Crippen LogP contribution in [0.25, 0.3) is 10.9 Å². The van der Waals surface area contributed by atoms with E-state index in [0.29, 0.717) is 22.0 Å². The number of para-hydroxylation sites is 1. The predicted molar refractivity (Wildman–Crippen MR) is 90.6 cm³/mol. The zero-order valence-electron chi connectivity index (χ0n) is 12.4. The molecule has 0 saturated heterocycles. The maximum Gasteiger partial charge on any atom is 0.257 e. The van der Waals surface area contributed by atoms with Crippen LogP contribution in [-0.4, -0.2) is 10.9 Å². The fourth-order valence-electron chi connectivity index (χ4n) is 2.37. The molecular formula is C18H15ClN2O. The first-order valence-corrected chi connectivity index (χ1v) is 7.36. The average molecular weight is 311 g/mol. The van der Waals surface area contributed by atoms with Crippen LogP contribution < -0.4 is 5.32 Å². The fourth-order valence-corrected chi connectivity index (χ4v) is 2.56. The fraction of sp³-hybridized carbons (Fsp3) is 0.111. The lowest BCUT2D eigenvalue weighted by Crippen LogP contribution is -2.14. The smallest absolute Gasteiger partial charge is 0.257 e. The molecule has 4 heteroatoms. The molecule has 0 fully saturated rings. The number of amides is 1. The maximum absolute atomic E-state index is 12.5. The number of nitrogens with one attached hydrogen (secondary N) is 1. The molecule has 1 heterocycles. The minimum absolute atomic E-state index is 0.207. The molecule has 0 bridgehead atoms. The van der Waals surface area contributed by atoms with Crippen LogP contribution in [0, 0.1) is 13.8 Å². The van der Waals surface area contributed by atoms with Gasteiger partial charge >= 0.3 is 0 Å². The Balaban J connectivity index is 2.00. The largest absolute Gasteiger partial charge is 0.321 e. The summed E-state index contributed by atoms with van der Waals surface area (Å²) in [6, 6.07) is 15.0. The second kappa shape index (κ2) is 5.78. The van der Waals surface area contributed by atoms with Crippen LogP contribution in [0.5, 0.6) is 0 Å². The molecule has 1 N–H and O–H groups in total. The minimum atomic E-state index is -0.207. The minimum Gasteiger partial charge on any atom is -0.321 e. The summed E-state index contributed by atoms with van der Waals surface area (Å²) >= 11 is 6.08. The van der Waals surface area contributed by atoms with E-state index in [1.807, 2.05) is 50.2 Å². The van der Waals surface area contributed by atoms with Gasteiger partial charge in [-0.15, -0.1) is 0 Å². The van der Waals surface area contributed by atoms with Crippen LogP contribution in [0.15, 0.2) is 48.5 Å². The lowest BCUT2D eigenvalue weighted by Gasteiger charge is -2.10. The summed E-state index contributed by atoms with van der Waals surface area (Å²) in [4.78, 5) is 17.0. The Morgan fingerprint density at radius 2 is 1.86 bits per heavy atom. The van der Waals surface area contributed by atoms with Crippen LogP contribution in [-0.2, 0) is 0 Å². The van der Waals surface area contributed by atoms with E-state index in [-0.39, 0.29) is 5.91 Å². The van der Waals surface area contributed by atoms with Gasteiger partial charge in [-0.25, -0.2) is 0 Å². The zero-order valence-corrected chi connectivity index (χ0v) is 13.1. The Bertz CT molecular complexity index is 874. The second-order valence-electron chi connectivity index (χ2n) is 5.25. The first-order chi connectivity index (χ1) is 10.5. The highest BCUT2D eigenvalue weighted by Gasteiger charge is 2.13. The molecule has 2 aromatic carbocycles. The third-order valence-corrected chi connectivity index (χ3v) is 3.86. The summed E-state index contributed by atoms with van der Waals surface area (Å²) in [6.45, 7) is 3.85. The average Bonchev–Trinajstić information content (AvgIpc) is 2.49. The van der Waals surface area contributed by atoms with Gasteiger partial charge in [0.25, 0.3) is 5.91 Å². The first-order valence-electron chi connectivity index (χ1n) is 6.98. The number of benzene rings is 2. The highest BCUT2D eigenvalue weighted by atomic mass is 35.5. The SMILES string of the molecule is Cc1ccc2nc(C)c(C(=O)Nc3ccccc3Cl)cc2c1. The van der Waals surface area contributed by atoms with Gasteiger partial charge in [0.05, 0.1) is 27.5 Å². The maximum atomic E-state index is 12.5. The number of fused-ring (bicyclic) bond motifs is 1. The van der Waals surface area contributed by atoms with Gasteiger partial charge in [-0.1, -0.05) is 35.4 Å². The Kier molecular flexibility index (Phi) is 3.82. The normalized spacial score (nSPS) is 10.7. The quantitative estimate of drug-likeness (QED) is 0.741. The third kappa shape index (κ3) is 2.81. The number of anilines is 1. The van der Waals surface area contributed by atoms with Crippen LogP contribution in [0.4, 0.5) is 5.69 Å². The number of rotatable bonds is 2. The highest BCUT2D eigenvalue weighted by Crippen LogP contribution is 2.23. The number of hydrogen-bond acceptors (Lipinski definition) is 2. The summed E-state index contributed by atoms with van der Waals surface area (Å²) in [5, 5.41) is 4.30. The van der Waals surface area contributed by atoms with E-state index in [1.54, 1.807) is 12.1 Å². The zero-order chi connectivity index (χ0) is 15.7. The summed E-state index contributed by atoms with van der Waals surface area (Å²) < 4.78 is 0. The van der Waals surface area contributed by atoms with Crippen molar-refractivity contribution >= 4 is 34.1 Å². The molecule has 22 heavy (non-hydrogen) atoms. The van der Waals surface area contributed by atoms with E-state index in [9.17, 15) is 4.79 Å². The Hall–Kier alpha value is -2.39. The van der Waals surface area contributed by atoms with Crippen LogP contribution in [0.1, 0.15) is 21.6 Å². The van der Waals surface area contributed by atoms with Crippen LogP contribution in [0.3, 0.4) is 0 Å². The number of hydrogen-bond donors (Lipinski definition) is 1. The van der Waals surface area contributed by atoms with Crippen molar-refractivity contribution in [1.82, 2.24) is 4.98 Å². The molecule has 3 nitrogen and oxygen atoms in total. The van der Waals surface area contributed by atoms with Crippen molar-refractivity contribution in [3.63, 3.8) is 0 Å². The van der Waals surface area contributed by atoms with Crippen molar-refractivity contribution in [3.8, 4) is 0 Å². The Labute approximate surface area is 133 Å². The van der Waals surface area contributed by atoms with E-state index in [2.05, 4.69) is 10.3 Å². The number of aromatic nitrogens is 1. The number of pyridine rings is 1. The van der Waals surface area contributed by atoms with Crippen molar-refractivity contribution in [1.29, 1.82) is 0 Å². The molecule has 0 aliphatic carbocycles. The molecule has 0 saturated carbocycles. The van der Waals surface area contributed by atoms with Gasteiger partial charge in [0.1, 0.15) is 0 Å². The monoisotopic (exact) mass is 310 g/mol.